The largest absolute Gasteiger partial charge is 0.478 e. The average molecular weight is 388 g/mol. The lowest BCUT2D eigenvalue weighted by Crippen LogP contribution is -2.51. The molecule has 0 bridgehead atoms. The zero-order valence-corrected chi connectivity index (χ0v) is 16.5. The Morgan fingerprint density at radius 1 is 1.11 bits per heavy atom. The van der Waals surface area contributed by atoms with Gasteiger partial charge in [-0.3, -0.25) is 4.79 Å². The van der Waals surface area contributed by atoms with Crippen molar-refractivity contribution in [2.75, 3.05) is 13.1 Å². The van der Waals surface area contributed by atoms with Crippen molar-refractivity contribution < 1.29 is 14.6 Å². The fourth-order valence-corrected chi connectivity index (χ4v) is 3.69. The number of halogens is 1. The molecule has 2 aromatic carbocycles. The molecule has 4 nitrogen and oxygen atoms in total. The molecule has 0 spiro atoms. The Morgan fingerprint density at radius 3 is 2.30 bits per heavy atom. The number of likely N-dealkylation sites (tertiary alicyclic amines) is 1. The molecule has 1 amide bonds. The van der Waals surface area contributed by atoms with E-state index < -0.39 is 11.7 Å². The first-order valence-electron chi connectivity index (χ1n) is 9.34. The number of hydrogen-bond acceptors (Lipinski definition) is 3. The van der Waals surface area contributed by atoms with Crippen molar-refractivity contribution >= 4 is 17.5 Å². The van der Waals surface area contributed by atoms with Gasteiger partial charge >= 0.3 is 0 Å². The van der Waals surface area contributed by atoms with Crippen LogP contribution in [0.15, 0.2) is 54.6 Å². The van der Waals surface area contributed by atoms with Gasteiger partial charge in [0, 0.05) is 18.1 Å². The number of carbonyl (C=O) groups is 1. The van der Waals surface area contributed by atoms with Gasteiger partial charge in [0.2, 0.25) is 0 Å². The highest BCUT2D eigenvalue weighted by atomic mass is 35.5. The summed E-state index contributed by atoms with van der Waals surface area (Å²) in [5, 5.41) is 11.2. The molecule has 0 aliphatic carbocycles. The van der Waals surface area contributed by atoms with Crippen LogP contribution in [0.25, 0.3) is 0 Å². The summed E-state index contributed by atoms with van der Waals surface area (Å²) in [4.78, 5) is 14.8. The predicted octanol–water partition coefficient (Wildman–Crippen LogP) is 4.47. The lowest BCUT2D eigenvalue weighted by atomic mass is 9.87. The third-order valence-corrected chi connectivity index (χ3v) is 5.37. The highest BCUT2D eigenvalue weighted by Crippen LogP contribution is 2.32. The van der Waals surface area contributed by atoms with E-state index in [-0.39, 0.29) is 11.8 Å². The molecule has 0 unspecified atom stereocenters. The maximum Gasteiger partial charge on any atom is 0.266 e. The Balaban J connectivity index is 1.58. The molecule has 0 aromatic heterocycles. The standard InChI is InChI=1S/C22H26ClNO3/c1-22(2,27-19-10-8-18(23)9-11-19)21(26)24-14-12-17(13-15-24)20(25)16-6-4-3-5-7-16/h3-11,17,20,25H,12-15H2,1-2H3/t20-/m1/s1. The monoisotopic (exact) mass is 387 g/mol. The van der Waals surface area contributed by atoms with Crippen LogP contribution in [0, 0.1) is 5.92 Å². The molecule has 1 atom stereocenters. The Kier molecular flexibility index (Phi) is 6.08. The summed E-state index contributed by atoms with van der Waals surface area (Å²) in [6, 6.07) is 16.7. The van der Waals surface area contributed by atoms with E-state index in [1.807, 2.05) is 35.2 Å². The number of benzene rings is 2. The Labute approximate surface area is 165 Å². The summed E-state index contributed by atoms with van der Waals surface area (Å²) in [5.74, 6) is 0.744. The smallest absolute Gasteiger partial charge is 0.266 e. The van der Waals surface area contributed by atoms with Gasteiger partial charge in [-0.1, -0.05) is 41.9 Å². The third kappa shape index (κ3) is 4.82. The number of amides is 1. The first-order chi connectivity index (χ1) is 12.9. The van der Waals surface area contributed by atoms with E-state index in [0.29, 0.717) is 23.9 Å². The van der Waals surface area contributed by atoms with Gasteiger partial charge < -0.3 is 14.7 Å². The molecule has 1 N–H and O–H groups in total. The van der Waals surface area contributed by atoms with Crippen molar-refractivity contribution in [2.24, 2.45) is 5.92 Å². The van der Waals surface area contributed by atoms with E-state index in [2.05, 4.69) is 0 Å². The summed E-state index contributed by atoms with van der Waals surface area (Å²) in [7, 11) is 0. The molecule has 3 rings (SSSR count). The zero-order valence-electron chi connectivity index (χ0n) is 15.8. The van der Waals surface area contributed by atoms with E-state index in [9.17, 15) is 9.90 Å². The lowest BCUT2D eigenvalue weighted by Gasteiger charge is -2.38. The minimum Gasteiger partial charge on any atom is -0.478 e. The van der Waals surface area contributed by atoms with Gasteiger partial charge in [0.25, 0.3) is 5.91 Å². The van der Waals surface area contributed by atoms with Crippen molar-refractivity contribution in [3.8, 4) is 5.75 Å². The number of piperidine rings is 1. The fraction of sp³-hybridized carbons (Fsp3) is 0.409. The van der Waals surface area contributed by atoms with Crippen LogP contribution in [0.2, 0.25) is 5.02 Å². The topological polar surface area (TPSA) is 49.8 Å². The van der Waals surface area contributed by atoms with Gasteiger partial charge in [0.05, 0.1) is 6.10 Å². The first kappa shape index (κ1) is 19.7. The molecule has 1 fully saturated rings. The van der Waals surface area contributed by atoms with E-state index in [0.717, 1.165) is 18.4 Å². The average Bonchev–Trinajstić information content (AvgIpc) is 2.69. The summed E-state index contributed by atoms with van der Waals surface area (Å²) >= 11 is 5.90. The van der Waals surface area contributed by atoms with Gasteiger partial charge in [0.15, 0.2) is 5.60 Å². The van der Waals surface area contributed by atoms with Crippen LogP contribution in [0.4, 0.5) is 0 Å². The van der Waals surface area contributed by atoms with Gasteiger partial charge in [-0.15, -0.1) is 0 Å². The van der Waals surface area contributed by atoms with Crippen LogP contribution < -0.4 is 4.74 Å². The van der Waals surface area contributed by atoms with Crippen LogP contribution >= 0.6 is 11.6 Å². The molecule has 1 heterocycles. The van der Waals surface area contributed by atoms with Gasteiger partial charge in [-0.05, 0) is 62.4 Å². The molecule has 1 aliphatic rings. The second kappa shape index (κ2) is 8.32. The minimum atomic E-state index is -0.960. The number of aliphatic hydroxyl groups is 1. The molecule has 0 saturated carbocycles. The number of carbonyl (C=O) groups excluding carboxylic acids is 1. The van der Waals surface area contributed by atoms with Crippen molar-refractivity contribution in [1.29, 1.82) is 0 Å². The van der Waals surface area contributed by atoms with Crippen LogP contribution in [-0.4, -0.2) is 34.6 Å². The van der Waals surface area contributed by atoms with E-state index in [1.165, 1.54) is 0 Å². The summed E-state index contributed by atoms with van der Waals surface area (Å²) in [6.07, 6.45) is 1.07. The quantitative estimate of drug-likeness (QED) is 0.823. The molecule has 144 valence electrons. The van der Waals surface area contributed by atoms with Crippen LogP contribution in [0.1, 0.15) is 38.4 Å². The maximum absolute atomic E-state index is 13.0. The predicted molar refractivity (Wildman–Crippen MR) is 107 cm³/mol. The number of rotatable bonds is 5. The maximum atomic E-state index is 13.0. The molecule has 1 saturated heterocycles. The second-order valence-electron chi connectivity index (χ2n) is 7.55. The molecule has 5 heteroatoms. The minimum absolute atomic E-state index is 0.0369. The number of nitrogens with zero attached hydrogens (tertiary/aromatic N) is 1. The Morgan fingerprint density at radius 2 is 1.70 bits per heavy atom. The van der Waals surface area contributed by atoms with Crippen molar-refractivity contribution in [1.82, 2.24) is 4.90 Å². The molecule has 1 aliphatic heterocycles. The van der Waals surface area contributed by atoms with Crippen molar-refractivity contribution in [3.05, 3.63) is 65.2 Å². The third-order valence-electron chi connectivity index (χ3n) is 5.12. The van der Waals surface area contributed by atoms with Crippen molar-refractivity contribution in [2.45, 2.75) is 38.4 Å². The van der Waals surface area contributed by atoms with Gasteiger partial charge in [-0.2, -0.15) is 0 Å². The Bertz CT molecular complexity index is 753. The summed E-state index contributed by atoms with van der Waals surface area (Å²) < 4.78 is 5.92. The fourth-order valence-electron chi connectivity index (χ4n) is 3.56. The second-order valence-corrected chi connectivity index (χ2v) is 7.99. The molecular formula is C22H26ClNO3. The normalized spacial score (nSPS) is 16.8. The van der Waals surface area contributed by atoms with E-state index in [1.54, 1.807) is 38.1 Å². The Hall–Kier alpha value is -2.04. The highest BCUT2D eigenvalue weighted by Gasteiger charge is 2.37. The molecule has 0 radical (unpaired) electrons. The molecule has 27 heavy (non-hydrogen) atoms. The molecule has 2 aromatic rings. The lowest BCUT2D eigenvalue weighted by molar-refractivity contribution is -0.147. The van der Waals surface area contributed by atoms with Crippen LogP contribution in [0.3, 0.4) is 0 Å². The SMILES string of the molecule is CC(C)(Oc1ccc(Cl)cc1)C(=O)N1CCC([C@H](O)c2ccccc2)CC1. The first-order valence-corrected chi connectivity index (χ1v) is 9.71. The van der Waals surface area contributed by atoms with E-state index in [4.69, 9.17) is 16.3 Å². The van der Waals surface area contributed by atoms with Crippen LogP contribution in [-0.2, 0) is 4.79 Å². The summed E-state index contributed by atoms with van der Waals surface area (Å²) in [5.41, 5.74) is -0.0210. The van der Waals surface area contributed by atoms with Gasteiger partial charge in [0.1, 0.15) is 5.75 Å². The number of aliphatic hydroxyl groups excluding tert-OH is 1. The number of ether oxygens (including phenoxy) is 1. The van der Waals surface area contributed by atoms with E-state index >= 15 is 0 Å². The summed E-state index contributed by atoms with van der Waals surface area (Å²) in [6.45, 7) is 4.82. The van der Waals surface area contributed by atoms with Crippen molar-refractivity contribution in [3.63, 3.8) is 0 Å². The molecular weight excluding hydrogens is 362 g/mol. The van der Waals surface area contributed by atoms with Crippen LogP contribution in [0.5, 0.6) is 5.75 Å². The highest BCUT2D eigenvalue weighted by molar-refractivity contribution is 6.30. The van der Waals surface area contributed by atoms with Gasteiger partial charge in [-0.25, -0.2) is 0 Å². The zero-order chi connectivity index (χ0) is 19.4. The number of hydrogen-bond donors (Lipinski definition) is 1.